The molecule has 2 rings (SSSR count). The summed E-state index contributed by atoms with van der Waals surface area (Å²) in [5, 5.41) is 0. The van der Waals surface area contributed by atoms with E-state index < -0.39 is 10.8 Å². The fraction of sp³-hybridized carbons (Fsp3) is 0.364. The summed E-state index contributed by atoms with van der Waals surface area (Å²) < 4.78 is 11.2. The summed E-state index contributed by atoms with van der Waals surface area (Å²) >= 11 is 4.27. The van der Waals surface area contributed by atoms with Crippen molar-refractivity contribution in [2.24, 2.45) is 0 Å². The first kappa shape index (κ1) is 11.7. The Morgan fingerprint density at radius 1 is 1.25 bits per heavy atom. The van der Waals surface area contributed by atoms with Crippen LogP contribution < -0.4 is 0 Å². The van der Waals surface area contributed by atoms with Gasteiger partial charge in [0.2, 0.25) is 0 Å². The Bertz CT molecular complexity index is 424. The van der Waals surface area contributed by atoms with E-state index in [-0.39, 0.29) is 5.91 Å². The summed E-state index contributed by atoms with van der Waals surface area (Å²) in [6.07, 6.45) is 0. The molecule has 0 atom stereocenters. The lowest BCUT2D eigenvalue weighted by Gasteiger charge is -2.26. The Labute approximate surface area is 103 Å². The van der Waals surface area contributed by atoms with E-state index in [1.165, 1.54) is 0 Å². The lowest BCUT2D eigenvalue weighted by molar-refractivity contribution is 0.0768. The van der Waals surface area contributed by atoms with Crippen LogP contribution in [0.4, 0.5) is 0 Å². The molecular weight excluding hydrogens is 242 g/mol. The van der Waals surface area contributed by atoms with Gasteiger partial charge >= 0.3 is 0 Å². The van der Waals surface area contributed by atoms with E-state index in [9.17, 15) is 9.00 Å². The number of carbonyl (C=O) groups is 1. The molecule has 16 heavy (non-hydrogen) atoms. The van der Waals surface area contributed by atoms with E-state index >= 15 is 0 Å². The van der Waals surface area contributed by atoms with Gasteiger partial charge in [0, 0.05) is 40.3 Å². The highest BCUT2D eigenvalue weighted by Gasteiger charge is 2.22. The molecule has 1 saturated heterocycles. The topological polar surface area (TPSA) is 37.4 Å². The van der Waals surface area contributed by atoms with E-state index in [1.807, 2.05) is 12.1 Å². The second-order valence-corrected chi connectivity index (χ2v) is 5.84. The van der Waals surface area contributed by atoms with Gasteiger partial charge in [-0.1, -0.05) is 12.1 Å². The molecule has 1 aromatic rings. The molecule has 5 heteroatoms. The van der Waals surface area contributed by atoms with Crippen molar-refractivity contribution in [2.75, 3.05) is 24.6 Å². The number of amides is 1. The number of hydrogen-bond donors (Lipinski definition) is 1. The predicted octanol–water partition coefficient (Wildman–Crippen LogP) is 1.18. The molecule has 1 amide bonds. The number of benzene rings is 1. The maximum atomic E-state index is 12.1. The molecule has 86 valence electrons. The van der Waals surface area contributed by atoms with Crippen LogP contribution in [-0.4, -0.2) is 39.6 Å². The second-order valence-electron chi connectivity index (χ2n) is 3.66. The third kappa shape index (κ3) is 2.47. The third-order valence-electron chi connectivity index (χ3n) is 2.60. The molecule has 0 radical (unpaired) electrons. The lowest BCUT2D eigenvalue weighted by Crippen LogP contribution is -2.41. The van der Waals surface area contributed by atoms with Crippen LogP contribution in [0.3, 0.4) is 0 Å². The molecule has 0 bridgehead atoms. The predicted molar refractivity (Wildman–Crippen MR) is 67.5 cm³/mol. The first-order chi connectivity index (χ1) is 7.68. The lowest BCUT2D eigenvalue weighted by atomic mass is 10.2. The quantitative estimate of drug-likeness (QED) is 0.765. The van der Waals surface area contributed by atoms with Crippen LogP contribution in [0.5, 0.6) is 0 Å². The monoisotopic (exact) mass is 255 g/mol. The first-order valence-corrected chi connectivity index (χ1v) is 7.04. The molecule has 1 heterocycles. The van der Waals surface area contributed by atoms with Crippen LogP contribution in [0.2, 0.25) is 0 Å². The zero-order valence-electron chi connectivity index (χ0n) is 8.76. The molecule has 1 aliphatic rings. The van der Waals surface area contributed by atoms with Crippen molar-refractivity contribution < 1.29 is 9.00 Å². The van der Waals surface area contributed by atoms with Crippen LogP contribution in [0.1, 0.15) is 10.4 Å². The van der Waals surface area contributed by atoms with Gasteiger partial charge in [0.15, 0.2) is 0 Å². The Balaban J connectivity index is 2.14. The maximum absolute atomic E-state index is 12.1. The second kappa shape index (κ2) is 5.01. The number of carbonyl (C=O) groups excluding carboxylic acids is 1. The van der Waals surface area contributed by atoms with Crippen molar-refractivity contribution in [1.82, 2.24) is 4.90 Å². The summed E-state index contributed by atoms with van der Waals surface area (Å²) in [4.78, 5) is 14.5. The van der Waals surface area contributed by atoms with E-state index in [4.69, 9.17) is 0 Å². The molecule has 0 aliphatic carbocycles. The number of nitrogens with zero attached hydrogens (tertiary/aromatic N) is 1. The van der Waals surface area contributed by atoms with E-state index in [0.717, 1.165) is 0 Å². The number of thiol groups is 1. The van der Waals surface area contributed by atoms with Gasteiger partial charge < -0.3 is 4.90 Å². The van der Waals surface area contributed by atoms with Crippen molar-refractivity contribution in [3.05, 3.63) is 29.8 Å². The average molecular weight is 255 g/mol. The number of hydrogen-bond acceptors (Lipinski definition) is 3. The standard InChI is InChI=1S/C11H13NO2S2/c13-11(9-3-1-2-4-10(9)15)12-5-7-16(14)8-6-12/h1-4,15H,5-8H2. The minimum absolute atomic E-state index is 0.0118. The Morgan fingerprint density at radius 2 is 1.88 bits per heavy atom. The summed E-state index contributed by atoms with van der Waals surface area (Å²) in [5.74, 6) is 1.16. The smallest absolute Gasteiger partial charge is 0.255 e. The molecule has 0 N–H and O–H groups in total. The third-order valence-corrected chi connectivity index (χ3v) is 4.27. The van der Waals surface area contributed by atoms with Gasteiger partial charge in [0.25, 0.3) is 5.91 Å². The highest BCUT2D eigenvalue weighted by atomic mass is 32.2. The minimum atomic E-state index is -0.752. The van der Waals surface area contributed by atoms with E-state index in [1.54, 1.807) is 17.0 Å². The molecule has 0 unspecified atom stereocenters. The zero-order chi connectivity index (χ0) is 11.5. The molecule has 0 spiro atoms. The molecular formula is C11H13NO2S2. The van der Waals surface area contributed by atoms with Crippen molar-refractivity contribution in [2.45, 2.75) is 4.90 Å². The SMILES string of the molecule is O=C(c1ccccc1S)N1CCS(=O)CC1. The summed E-state index contributed by atoms with van der Waals surface area (Å²) in [7, 11) is -0.752. The Hall–Kier alpha value is -0.810. The average Bonchev–Trinajstić information content (AvgIpc) is 2.30. The highest BCUT2D eigenvalue weighted by Crippen LogP contribution is 2.16. The van der Waals surface area contributed by atoms with Gasteiger partial charge in [-0.15, -0.1) is 12.6 Å². The molecule has 1 aliphatic heterocycles. The molecule has 0 saturated carbocycles. The molecule has 0 aromatic heterocycles. The van der Waals surface area contributed by atoms with Crippen molar-refractivity contribution in [1.29, 1.82) is 0 Å². The van der Waals surface area contributed by atoms with Crippen LogP contribution in [0.15, 0.2) is 29.2 Å². The normalized spacial score (nSPS) is 17.4. The van der Waals surface area contributed by atoms with Crippen molar-refractivity contribution in [3.63, 3.8) is 0 Å². The molecule has 1 fully saturated rings. The fourth-order valence-electron chi connectivity index (χ4n) is 1.67. The number of rotatable bonds is 1. The maximum Gasteiger partial charge on any atom is 0.255 e. The van der Waals surface area contributed by atoms with Crippen LogP contribution in [0.25, 0.3) is 0 Å². The van der Waals surface area contributed by atoms with Crippen molar-refractivity contribution in [3.8, 4) is 0 Å². The van der Waals surface area contributed by atoms with Gasteiger partial charge in [0.05, 0.1) is 5.56 Å². The van der Waals surface area contributed by atoms with Gasteiger partial charge in [-0.3, -0.25) is 9.00 Å². The van der Waals surface area contributed by atoms with Gasteiger partial charge in [-0.2, -0.15) is 0 Å². The highest BCUT2D eigenvalue weighted by molar-refractivity contribution is 7.85. The van der Waals surface area contributed by atoms with E-state index in [0.29, 0.717) is 35.1 Å². The Kier molecular flexibility index (Phi) is 3.66. The fourth-order valence-corrected chi connectivity index (χ4v) is 2.97. The van der Waals surface area contributed by atoms with Gasteiger partial charge in [-0.25, -0.2) is 0 Å². The largest absolute Gasteiger partial charge is 0.337 e. The summed E-state index contributed by atoms with van der Waals surface area (Å²) in [5.41, 5.74) is 0.624. The molecule has 1 aromatic carbocycles. The molecule has 3 nitrogen and oxygen atoms in total. The van der Waals surface area contributed by atoms with Crippen LogP contribution >= 0.6 is 12.6 Å². The Morgan fingerprint density at radius 3 is 2.50 bits per heavy atom. The summed E-state index contributed by atoms with van der Waals surface area (Å²) in [6.45, 7) is 1.15. The first-order valence-electron chi connectivity index (χ1n) is 5.11. The zero-order valence-corrected chi connectivity index (χ0v) is 10.5. The van der Waals surface area contributed by atoms with Gasteiger partial charge in [-0.05, 0) is 12.1 Å². The minimum Gasteiger partial charge on any atom is -0.337 e. The van der Waals surface area contributed by atoms with E-state index in [2.05, 4.69) is 12.6 Å². The summed E-state index contributed by atoms with van der Waals surface area (Å²) in [6, 6.07) is 7.26. The van der Waals surface area contributed by atoms with Crippen molar-refractivity contribution >= 4 is 29.3 Å². The van der Waals surface area contributed by atoms with Crippen LogP contribution in [-0.2, 0) is 10.8 Å². The van der Waals surface area contributed by atoms with Crippen LogP contribution in [0, 0.1) is 0 Å². The van der Waals surface area contributed by atoms with Gasteiger partial charge in [0.1, 0.15) is 0 Å².